The lowest BCUT2D eigenvalue weighted by atomic mass is 10.2. The van der Waals surface area contributed by atoms with Gasteiger partial charge in [0.25, 0.3) is 15.9 Å². The zero-order valence-electron chi connectivity index (χ0n) is 16.5. The van der Waals surface area contributed by atoms with Gasteiger partial charge in [-0.25, -0.2) is 8.42 Å². The fourth-order valence-electron chi connectivity index (χ4n) is 2.69. The van der Waals surface area contributed by atoms with Crippen LogP contribution in [0.4, 0.5) is 24.5 Å². The number of sulfonamides is 1. The number of hydrogen-bond donors (Lipinski definition) is 2. The van der Waals surface area contributed by atoms with Gasteiger partial charge in [0.15, 0.2) is 0 Å². The molecular formula is C21H17F3N2O5S. The molecule has 1 amide bonds. The highest BCUT2D eigenvalue weighted by molar-refractivity contribution is 7.92. The smallest absolute Gasteiger partial charge is 0.495 e. The molecule has 2 N–H and O–H groups in total. The minimum atomic E-state index is -4.86. The first-order valence-corrected chi connectivity index (χ1v) is 10.5. The maximum absolute atomic E-state index is 12.6. The van der Waals surface area contributed by atoms with E-state index in [2.05, 4.69) is 14.8 Å². The molecule has 168 valence electrons. The van der Waals surface area contributed by atoms with Crippen LogP contribution < -0.4 is 19.5 Å². The summed E-state index contributed by atoms with van der Waals surface area (Å²) in [7, 11) is -2.55. The molecule has 0 saturated carbocycles. The van der Waals surface area contributed by atoms with Crippen LogP contribution in [0, 0.1) is 0 Å². The van der Waals surface area contributed by atoms with E-state index in [1.807, 2.05) is 0 Å². The van der Waals surface area contributed by atoms with E-state index in [-0.39, 0.29) is 21.8 Å². The largest absolute Gasteiger partial charge is 0.573 e. The van der Waals surface area contributed by atoms with Crippen molar-refractivity contribution >= 4 is 27.3 Å². The minimum absolute atomic E-state index is 0.0753. The Morgan fingerprint density at radius 1 is 0.938 bits per heavy atom. The molecule has 0 saturated heterocycles. The van der Waals surface area contributed by atoms with Crippen molar-refractivity contribution in [1.82, 2.24) is 0 Å². The predicted octanol–water partition coefficient (Wildman–Crippen LogP) is 4.65. The van der Waals surface area contributed by atoms with Crippen molar-refractivity contribution < 1.29 is 35.9 Å². The monoisotopic (exact) mass is 466 g/mol. The molecule has 3 aromatic carbocycles. The Morgan fingerprint density at radius 2 is 1.62 bits per heavy atom. The Bertz CT molecular complexity index is 1210. The van der Waals surface area contributed by atoms with Crippen molar-refractivity contribution in [3.05, 3.63) is 78.4 Å². The average Bonchev–Trinajstić information content (AvgIpc) is 2.73. The molecule has 0 aliphatic heterocycles. The van der Waals surface area contributed by atoms with E-state index >= 15 is 0 Å². The summed E-state index contributed by atoms with van der Waals surface area (Å²) in [5.74, 6) is -0.793. The van der Waals surface area contributed by atoms with Crippen molar-refractivity contribution in [2.45, 2.75) is 11.3 Å². The molecule has 0 fully saturated rings. The van der Waals surface area contributed by atoms with Crippen molar-refractivity contribution in [2.75, 3.05) is 17.1 Å². The average molecular weight is 466 g/mol. The van der Waals surface area contributed by atoms with E-state index in [9.17, 15) is 26.4 Å². The van der Waals surface area contributed by atoms with Gasteiger partial charge in [-0.1, -0.05) is 18.2 Å². The number of carbonyl (C=O) groups excluding carboxylic acids is 1. The number of ether oxygens (including phenoxy) is 2. The fourth-order valence-corrected chi connectivity index (χ4v) is 3.76. The molecule has 3 rings (SSSR count). The fraction of sp³-hybridized carbons (Fsp3) is 0.0952. The van der Waals surface area contributed by atoms with Crippen molar-refractivity contribution in [3.63, 3.8) is 0 Å². The highest BCUT2D eigenvalue weighted by atomic mass is 32.2. The lowest BCUT2D eigenvalue weighted by Gasteiger charge is -2.12. The molecule has 0 aliphatic carbocycles. The summed E-state index contributed by atoms with van der Waals surface area (Å²) in [5.41, 5.74) is 0.424. The van der Waals surface area contributed by atoms with Crippen LogP contribution in [0.3, 0.4) is 0 Å². The second-order valence-corrected chi connectivity index (χ2v) is 8.04. The molecule has 0 bridgehead atoms. The molecule has 0 spiro atoms. The van der Waals surface area contributed by atoms with E-state index in [1.165, 1.54) is 49.6 Å². The van der Waals surface area contributed by atoms with Gasteiger partial charge in [0.1, 0.15) is 11.5 Å². The summed E-state index contributed by atoms with van der Waals surface area (Å²) in [5, 5.41) is 2.43. The summed E-state index contributed by atoms with van der Waals surface area (Å²) in [6.45, 7) is 0. The van der Waals surface area contributed by atoms with E-state index in [1.54, 1.807) is 18.2 Å². The second kappa shape index (κ2) is 9.18. The number of methoxy groups -OCH3 is 1. The first-order valence-electron chi connectivity index (χ1n) is 9.00. The van der Waals surface area contributed by atoms with E-state index in [0.29, 0.717) is 5.75 Å². The van der Waals surface area contributed by atoms with Crippen LogP contribution in [-0.4, -0.2) is 27.8 Å². The molecule has 11 heteroatoms. The van der Waals surface area contributed by atoms with E-state index in [0.717, 1.165) is 12.1 Å². The number of para-hydroxylation sites is 2. The van der Waals surface area contributed by atoms with Gasteiger partial charge in [0.05, 0.1) is 17.7 Å². The second-order valence-electron chi connectivity index (χ2n) is 6.36. The van der Waals surface area contributed by atoms with Crippen LogP contribution in [0.1, 0.15) is 10.4 Å². The Hall–Kier alpha value is -3.73. The lowest BCUT2D eigenvalue weighted by Crippen LogP contribution is -2.17. The number of hydrogen-bond acceptors (Lipinski definition) is 5. The van der Waals surface area contributed by atoms with Gasteiger partial charge in [0.2, 0.25) is 0 Å². The van der Waals surface area contributed by atoms with E-state index in [4.69, 9.17) is 4.74 Å². The molecular weight excluding hydrogens is 449 g/mol. The Kier molecular flexibility index (Phi) is 6.58. The maximum Gasteiger partial charge on any atom is 0.573 e. The van der Waals surface area contributed by atoms with Gasteiger partial charge < -0.3 is 14.8 Å². The molecule has 32 heavy (non-hydrogen) atoms. The highest BCUT2D eigenvalue weighted by Crippen LogP contribution is 2.27. The molecule has 7 nitrogen and oxygen atoms in total. The first kappa shape index (κ1) is 22.9. The van der Waals surface area contributed by atoms with Crippen LogP contribution in [0.15, 0.2) is 77.7 Å². The normalized spacial score (nSPS) is 11.5. The number of nitrogens with one attached hydrogen (secondary N) is 2. The Labute approximate surface area is 181 Å². The molecule has 0 heterocycles. The van der Waals surface area contributed by atoms with Crippen molar-refractivity contribution in [3.8, 4) is 11.5 Å². The molecule has 0 atom stereocenters. The SMILES string of the molecule is COc1ccccc1NS(=O)(=O)c1ccc(C(=O)Nc2cccc(OC(F)(F)F)c2)cc1. The number of amides is 1. The van der Waals surface area contributed by atoms with Crippen molar-refractivity contribution in [2.24, 2.45) is 0 Å². The minimum Gasteiger partial charge on any atom is -0.495 e. The number of benzene rings is 3. The molecule has 0 aromatic heterocycles. The Balaban J connectivity index is 1.72. The third kappa shape index (κ3) is 5.91. The first-order chi connectivity index (χ1) is 15.1. The molecule has 0 radical (unpaired) electrons. The number of alkyl halides is 3. The Morgan fingerprint density at radius 3 is 2.28 bits per heavy atom. The number of carbonyl (C=O) groups is 1. The van der Waals surface area contributed by atoms with Gasteiger partial charge in [0, 0.05) is 17.3 Å². The third-order valence-corrected chi connectivity index (χ3v) is 5.48. The predicted molar refractivity (Wildman–Crippen MR) is 111 cm³/mol. The van der Waals surface area contributed by atoms with Crippen LogP contribution in [0.5, 0.6) is 11.5 Å². The number of halogens is 3. The molecule has 0 unspecified atom stereocenters. The third-order valence-electron chi connectivity index (χ3n) is 4.10. The topological polar surface area (TPSA) is 93.7 Å². The van der Waals surface area contributed by atoms with Crippen LogP contribution in [-0.2, 0) is 10.0 Å². The summed E-state index contributed by atoms with van der Waals surface area (Å²) in [6.07, 6.45) is -4.86. The number of rotatable bonds is 7. The molecule has 0 aliphatic rings. The zero-order chi connectivity index (χ0) is 23.4. The van der Waals surface area contributed by atoms with Crippen LogP contribution >= 0.6 is 0 Å². The van der Waals surface area contributed by atoms with Gasteiger partial charge in [-0.15, -0.1) is 13.2 Å². The highest BCUT2D eigenvalue weighted by Gasteiger charge is 2.31. The van der Waals surface area contributed by atoms with Crippen LogP contribution in [0.2, 0.25) is 0 Å². The van der Waals surface area contributed by atoms with E-state index < -0.39 is 28.0 Å². The zero-order valence-corrected chi connectivity index (χ0v) is 17.3. The summed E-state index contributed by atoms with van der Waals surface area (Å²) in [4.78, 5) is 12.3. The van der Waals surface area contributed by atoms with Gasteiger partial charge >= 0.3 is 6.36 Å². The summed E-state index contributed by atoms with van der Waals surface area (Å²) in [6, 6.07) is 16.3. The van der Waals surface area contributed by atoms with Gasteiger partial charge in [-0.3, -0.25) is 9.52 Å². The van der Waals surface area contributed by atoms with Gasteiger partial charge in [-0.05, 0) is 48.5 Å². The summed E-state index contributed by atoms with van der Waals surface area (Å²) >= 11 is 0. The quantitative estimate of drug-likeness (QED) is 0.529. The summed E-state index contributed by atoms with van der Waals surface area (Å²) < 4.78 is 73.6. The molecule has 3 aromatic rings. The van der Waals surface area contributed by atoms with Crippen LogP contribution in [0.25, 0.3) is 0 Å². The lowest BCUT2D eigenvalue weighted by molar-refractivity contribution is -0.274. The van der Waals surface area contributed by atoms with Gasteiger partial charge in [-0.2, -0.15) is 0 Å². The maximum atomic E-state index is 12.6. The number of anilines is 2. The van der Waals surface area contributed by atoms with Crippen molar-refractivity contribution in [1.29, 1.82) is 0 Å². The standard InChI is InChI=1S/C21H17F3N2O5S/c1-30-19-8-3-2-7-18(19)26-32(28,29)17-11-9-14(10-12-17)20(27)25-15-5-4-6-16(13-15)31-21(22,23)24/h2-13,26H,1H3,(H,25,27).